The standard InChI is InChI=1S/C20H23Cl2N3O/c21-17-7-8-19(18(22)13-17)23-20(26)15-25-10-4-9-24(11-12-25)14-16-5-2-1-3-6-16/h1-3,5-8,13H,4,9-12,14-15H2,(H,23,26). The molecule has 1 aliphatic heterocycles. The highest BCUT2D eigenvalue weighted by Crippen LogP contribution is 2.25. The van der Waals surface area contributed by atoms with Crippen molar-refractivity contribution in [2.45, 2.75) is 13.0 Å². The number of anilines is 1. The molecule has 3 rings (SSSR count). The summed E-state index contributed by atoms with van der Waals surface area (Å²) < 4.78 is 0. The summed E-state index contributed by atoms with van der Waals surface area (Å²) in [5.41, 5.74) is 1.93. The quantitative estimate of drug-likeness (QED) is 0.831. The number of rotatable bonds is 5. The van der Waals surface area contributed by atoms with E-state index in [-0.39, 0.29) is 5.91 Å². The molecule has 4 nitrogen and oxygen atoms in total. The summed E-state index contributed by atoms with van der Waals surface area (Å²) in [5, 5.41) is 3.88. The van der Waals surface area contributed by atoms with Crippen LogP contribution in [0.25, 0.3) is 0 Å². The predicted molar refractivity (Wildman–Crippen MR) is 108 cm³/mol. The second-order valence-corrected chi connectivity index (χ2v) is 7.41. The van der Waals surface area contributed by atoms with Gasteiger partial charge in [-0.2, -0.15) is 0 Å². The Morgan fingerprint density at radius 3 is 2.46 bits per heavy atom. The van der Waals surface area contributed by atoms with Crippen molar-refractivity contribution in [1.82, 2.24) is 9.80 Å². The molecule has 0 saturated carbocycles. The molecule has 0 aromatic heterocycles. The first kappa shape index (κ1) is 19.2. The third kappa shape index (κ3) is 5.71. The van der Waals surface area contributed by atoms with E-state index in [4.69, 9.17) is 23.2 Å². The number of nitrogens with zero attached hydrogens (tertiary/aromatic N) is 2. The zero-order valence-corrected chi connectivity index (χ0v) is 16.1. The highest BCUT2D eigenvalue weighted by molar-refractivity contribution is 6.36. The molecule has 1 fully saturated rings. The first-order valence-electron chi connectivity index (χ1n) is 8.84. The third-order valence-corrected chi connectivity index (χ3v) is 5.05. The van der Waals surface area contributed by atoms with Crippen molar-refractivity contribution in [2.75, 3.05) is 38.0 Å². The van der Waals surface area contributed by atoms with Crippen LogP contribution in [0.4, 0.5) is 5.69 Å². The largest absolute Gasteiger partial charge is 0.324 e. The van der Waals surface area contributed by atoms with Crippen LogP contribution in [-0.2, 0) is 11.3 Å². The highest BCUT2D eigenvalue weighted by Gasteiger charge is 2.17. The molecule has 0 unspecified atom stereocenters. The van der Waals surface area contributed by atoms with E-state index in [9.17, 15) is 4.79 Å². The van der Waals surface area contributed by atoms with Crippen molar-refractivity contribution in [3.8, 4) is 0 Å². The molecular weight excluding hydrogens is 369 g/mol. The molecule has 1 heterocycles. The SMILES string of the molecule is O=C(CN1CCCN(Cc2ccccc2)CC1)Nc1ccc(Cl)cc1Cl. The molecule has 0 aliphatic carbocycles. The molecule has 1 saturated heterocycles. The summed E-state index contributed by atoms with van der Waals surface area (Å²) >= 11 is 12.0. The van der Waals surface area contributed by atoms with Gasteiger partial charge in [-0.25, -0.2) is 0 Å². The van der Waals surface area contributed by atoms with Crippen molar-refractivity contribution < 1.29 is 4.79 Å². The maximum atomic E-state index is 12.3. The van der Waals surface area contributed by atoms with Gasteiger partial charge in [0, 0.05) is 24.7 Å². The lowest BCUT2D eigenvalue weighted by molar-refractivity contribution is -0.117. The lowest BCUT2D eigenvalue weighted by Crippen LogP contribution is -2.36. The summed E-state index contributed by atoms with van der Waals surface area (Å²) in [5.74, 6) is -0.0502. The monoisotopic (exact) mass is 391 g/mol. The molecule has 26 heavy (non-hydrogen) atoms. The third-order valence-electron chi connectivity index (χ3n) is 4.50. The Morgan fingerprint density at radius 1 is 0.962 bits per heavy atom. The van der Waals surface area contributed by atoms with Gasteiger partial charge >= 0.3 is 0 Å². The second-order valence-electron chi connectivity index (χ2n) is 6.56. The summed E-state index contributed by atoms with van der Waals surface area (Å²) in [7, 11) is 0. The molecule has 1 aliphatic rings. The van der Waals surface area contributed by atoms with E-state index in [1.54, 1.807) is 18.2 Å². The van der Waals surface area contributed by atoms with Gasteiger partial charge in [0.05, 0.1) is 17.3 Å². The van der Waals surface area contributed by atoms with Crippen molar-refractivity contribution in [1.29, 1.82) is 0 Å². The van der Waals surface area contributed by atoms with E-state index in [0.29, 0.717) is 22.3 Å². The normalized spacial score (nSPS) is 16.2. The molecule has 0 atom stereocenters. The Balaban J connectivity index is 1.49. The van der Waals surface area contributed by atoms with Crippen LogP contribution in [0.5, 0.6) is 0 Å². The smallest absolute Gasteiger partial charge is 0.238 e. The lowest BCUT2D eigenvalue weighted by Gasteiger charge is -2.21. The molecule has 2 aromatic carbocycles. The number of halogens is 2. The van der Waals surface area contributed by atoms with Gasteiger partial charge < -0.3 is 5.32 Å². The summed E-state index contributed by atoms with van der Waals surface area (Å²) in [6.07, 6.45) is 1.06. The molecule has 0 spiro atoms. The highest BCUT2D eigenvalue weighted by atomic mass is 35.5. The van der Waals surface area contributed by atoms with Crippen molar-refractivity contribution in [3.63, 3.8) is 0 Å². The van der Waals surface area contributed by atoms with Crippen LogP contribution in [0.3, 0.4) is 0 Å². The van der Waals surface area contributed by atoms with Gasteiger partial charge in [-0.3, -0.25) is 14.6 Å². The van der Waals surface area contributed by atoms with Gasteiger partial charge in [0.15, 0.2) is 0 Å². The van der Waals surface area contributed by atoms with Crippen LogP contribution < -0.4 is 5.32 Å². The fraction of sp³-hybridized carbons (Fsp3) is 0.350. The van der Waals surface area contributed by atoms with E-state index in [1.807, 2.05) is 6.07 Å². The predicted octanol–water partition coefficient (Wildman–Crippen LogP) is 4.14. The topological polar surface area (TPSA) is 35.6 Å². The van der Waals surface area contributed by atoms with Crippen LogP contribution in [0, 0.1) is 0 Å². The average Bonchev–Trinajstić information content (AvgIpc) is 2.84. The van der Waals surface area contributed by atoms with E-state index in [1.165, 1.54) is 5.56 Å². The minimum absolute atomic E-state index is 0.0502. The Kier molecular flexibility index (Phi) is 6.92. The van der Waals surface area contributed by atoms with Gasteiger partial charge in [-0.05, 0) is 43.3 Å². The maximum absolute atomic E-state index is 12.3. The molecule has 0 bridgehead atoms. The Bertz CT molecular complexity index is 739. The minimum atomic E-state index is -0.0502. The summed E-state index contributed by atoms with van der Waals surface area (Å²) in [6.45, 7) is 5.15. The van der Waals surface area contributed by atoms with Crippen molar-refractivity contribution in [3.05, 3.63) is 64.1 Å². The fourth-order valence-electron chi connectivity index (χ4n) is 3.17. The Morgan fingerprint density at radius 2 is 1.69 bits per heavy atom. The van der Waals surface area contributed by atoms with Gasteiger partial charge in [0.1, 0.15) is 0 Å². The molecular formula is C20H23Cl2N3O. The average molecular weight is 392 g/mol. The van der Waals surface area contributed by atoms with Gasteiger partial charge in [0.25, 0.3) is 0 Å². The maximum Gasteiger partial charge on any atom is 0.238 e. The Labute approximate surface area is 164 Å². The van der Waals surface area contributed by atoms with Crippen LogP contribution in [0.15, 0.2) is 48.5 Å². The second kappa shape index (κ2) is 9.38. The zero-order chi connectivity index (χ0) is 18.4. The van der Waals surface area contributed by atoms with Crippen LogP contribution in [0.2, 0.25) is 10.0 Å². The molecule has 138 valence electrons. The number of nitrogens with one attached hydrogen (secondary N) is 1. The first-order chi connectivity index (χ1) is 12.6. The van der Waals surface area contributed by atoms with Crippen molar-refractivity contribution >= 4 is 34.8 Å². The summed E-state index contributed by atoms with van der Waals surface area (Å²) in [6, 6.07) is 15.6. The molecule has 6 heteroatoms. The van der Waals surface area contributed by atoms with E-state index >= 15 is 0 Å². The van der Waals surface area contributed by atoms with E-state index in [2.05, 4.69) is 39.4 Å². The van der Waals surface area contributed by atoms with Crippen LogP contribution in [-0.4, -0.2) is 48.4 Å². The molecule has 0 radical (unpaired) electrons. The number of amides is 1. The molecule has 1 N–H and O–H groups in total. The fourth-order valence-corrected chi connectivity index (χ4v) is 3.62. The lowest BCUT2D eigenvalue weighted by atomic mass is 10.2. The first-order valence-corrected chi connectivity index (χ1v) is 9.59. The Hall–Kier alpha value is -1.59. The summed E-state index contributed by atoms with van der Waals surface area (Å²) in [4.78, 5) is 17.0. The van der Waals surface area contributed by atoms with Gasteiger partial charge in [0.2, 0.25) is 5.91 Å². The number of hydrogen-bond donors (Lipinski definition) is 1. The minimum Gasteiger partial charge on any atom is -0.324 e. The van der Waals surface area contributed by atoms with E-state index < -0.39 is 0 Å². The van der Waals surface area contributed by atoms with Crippen molar-refractivity contribution in [2.24, 2.45) is 0 Å². The zero-order valence-electron chi connectivity index (χ0n) is 14.6. The number of carbonyl (C=O) groups is 1. The molecule has 1 amide bonds. The molecule has 2 aromatic rings. The number of carbonyl (C=O) groups excluding carboxylic acids is 1. The van der Waals surface area contributed by atoms with Gasteiger partial charge in [-0.15, -0.1) is 0 Å². The number of hydrogen-bond acceptors (Lipinski definition) is 3. The van der Waals surface area contributed by atoms with Crippen LogP contribution >= 0.6 is 23.2 Å². The van der Waals surface area contributed by atoms with E-state index in [0.717, 1.165) is 39.1 Å². The number of benzene rings is 2. The van der Waals surface area contributed by atoms with Crippen LogP contribution in [0.1, 0.15) is 12.0 Å². The van der Waals surface area contributed by atoms with Gasteiger partial charge in [-0.1, -0.05) is 53.5 Å².